The minimum atomic E-state index is -3.55. The Hall–Kier alpha value is -2.38. The van der Waals surface area contributed by atoms with E-state index in [1.54, 1.807) is 24.3 Å². The second kappa shape index (κ2) is 8.75. The maximum atomic E-state index is 12.5. The highest BCUT2D eigenvalue weighted by atomic mass is 32.2. The van der Waals surface area contributed by atoms with Gasteiger partial charge in [0, 0.05) is 39.4 Å². The summed E-state index contributed by atoms with van der Waals surface area (Å²) >= 11 is 0. The molecule has 28 heavy (non-hydrogen) atoms. The van der Waals surface area contributed by atoms with E-state index in [0.29, 0.717) is 26.1 Å². The third-order valence-corrected chi connectivity index (χ3v) is 6.50. The van der Waals surface area contributed by atoms with Gasteiger partial charge in [0.05, 0.1) is 11.3 Å². The maximum absolute atomic E-state index is 12.5. The normalized spacial score (nSPS) is 16.9. The van der Waals surface area contributed by atoms with Crippen molar-refractivity contribution >= 4 is 21.6 Å². The molecule has 1 aliphatic rings. The van der Waals surface area contributed by atoms with Crippen molar-refractivity contribution in [2.24, 2.45) is 5.92 Å². The summed E-state index contributed by atoms with van der Waals surface area (Å²) in [5.41, 5.74) is 1.94. The number of benzene rings is 2. The van der Waals surface area contributed by atoms with Crippen LogP contribution in [-0.2, 0) is 21.2 Å². The first-order valence-corrected chi connectivity index (χ1v) is 10.9. The van der Waals surface area contributed by atoms with Crippen LogP contribution in [-0.4, -0.2) is 53.0 Å². The Bertz CT molecular complexity index is 896. The standard InChI is InChI=1S/C21H27N3O3S/c1-23(2)19-8-10-20(11-9-19)28(26,27)22-15-18-12-13-24(16-18)21(25)14-17-6-4-3-5-7-17/h3-11,18,22H,12-16H2,1-2H3/t18-/m1/s1. The van der Waals surface area contributed by atoms with Crippen LogP contribution in [0, 0.1) is 5.92 Å². The summed E-state index contributed by atoms with van der Waals surface area (Å²) in [7, 11) is 0.270. The predicted molar refractivity (Wildman–Crippen MR) is 111 cm³/mol. The molecule has 2 aromatic carbocycles. The zero-order chi connectivity index (χ0) is 20.1. The molecule has 0 aromatic heterocycles. The van der Waals surface area contributed by atoms with Crippen molar-refractivity contribution in [3.63, 3.8) is 0 Å². The summed E-state index contributed by atoms with van der Waals surface area (Å²) in [6, 6.07) is 16.5. The van der Waals surface area contributed by atoms with E-state index in [-0.39, 0.29) is 16.7 Å². The molecule has 1 aliphatic heterocycles. The van der Waals surface area contributed by atoms with E-state index in [1.165, 1.54) is 0 Å². The molecule has 0 aliphatic carbocycles. The molecule has 3 rings (SSSR count). The average molecular weight is 402 g/mol. The van der Waals surface area contributed by atoms with E-state index in [9.17, 15) is 13.2 Å². The molecular weight excluding hydrogens is 374 g/mol. The van der Waals surface area contributed by atoms with Crippen LogP contribution >= 0.6 is 0 Å². The van der Waals surface area contributed by atoms with Crippen LogP contribution in [0.1, 0.15) is 12.0 Å². The van der Waals surface area contributed by atoms with Gasteiger partial charge < -0.3 is 9.80 Å². The summed E-state index contributed by atoms with van der Waals surface area (Å²) < 4.78 is 27.7. The molecule has 1 fully saturated rings. The van der Waals surface area contributed by atoms with Crippen LogP contribution in [0.25, 0.3) is 0 Å². The lowest BCUT2D eigenvalue weighted by molar-refractivity contribution is -0.129. The Labute approximate surface area is 167 Å². The van der Waals surface area contributed by atoms with Gasteiger partial charge in [0.15, 0.2) is 0 Å². The molecule has 0 spiro atoms. The number of carbonyl (C=O) groups excluding carboxylic acids is 1. The van der Waals surface area contributed by atoms with Crippen molar-refractivity contribution in [2.75, 3.05) is 38.6 Å². The van der Waals surface area contributed by atoms with Gasteiger partial charge >= 0.3 is 0 Å². The second-order valence-electron chi connectivity index (χ2n) is 7.40. The molecule has 150 valence electrons. The molecular formula is C21H27N3O3S. The SMILES string of the molecule is CN(C)c1ccc(S(=O)(=O)NC[C@H]2CCN(C(=O)Cc3ccccc3)C2)cc1. The number of hydrogen-bond acceptors (Lipinski definition) is 4. The molecule has 0 saturated carbocycles. The van der Waals surface area contributed by atoms with Crippen LogP contribution in [0.3, 0.4) is 0 Å². The largest absolute Gasteiger partial charge is 0.378 e. The van der Waals surface area contributed by atoms with Crippen molar-refractivity contribution in [2.45, 2.75) is 17.7 Å². The Balaban J connectivity index is 1.51. The summed E-state index contributed by atoms with van der Waals surface area (Å²) in [4.78, 5) is 16.5. The number of anilines is 1. The first kappa shape index (κ1) is 20.4. The predicted octanol–water partition coefficient (Wildman–Crippen LogP) is 2.12. The molecule has 1 heterocycles. The van der Waals surface area contributed by atoms with E-state index in [0.717, 1.165) is 17.7 Å². The third-order valence-electron chi connectivity index (χ3n) is 5.06. The molecule has 6 nitrogen and oxygen atoms in total. The summed E-state index contributed by atoms with van der Waals surface area (Å²) in [6.45, 7) is 1.61. The number of nitrogens with one attached hydrogen (secondary N) is 1. The summed E-state index contributed by atoms with van der Waals surface area (Å²) in [6.07, 6.45) is 1.19. The van der Waals surface area contributed by atoms with Gasteiger partial charge in [-0.25, -0.2) is 13.1 Å². The lowest BCUT2D eigenvalue weighted by Crippen LogP contribution is -2.33. The van der Waals surface area contributed by atoms with Crippen molar-refractivity contribution in [3.8, 4) is 0 Å². The van der Waals surface area contributed by atoms with E-state index in [4.69, 9.17) is 0 Å². The van der Waals surface area contributed by atoms with Gasteiger partial charge in [0.1, 0.15) is 0 Å². The third kappa shape index (κ3) is 5.11. The number of rotatable bonds is 7. The van der Waals surface area contributed by atoms with Gasteiger partial charge in [0.25, 0.3) is 0 Å². The lowest BCUT2D eigenvalue weighted by atomic mass is 10.1. The average Bonchev–Trinajstić information content (AvgIpc) is 3.17. The van der Waals surface area contributed by atoms with Crippen molar-refractivity contribution in [1.82, 2.24) is 9.62 Å². The quantitative estimate of drug-likeness (QED) is 0.772. The first-order chi connectivity index (χ1) is 13.3. The summed E-state index contributed by atoms with van der Waals surface area (Å²) in [5.74, 6) is 0.228. The highest BCUT2D eigenvalue weighted by Gasteiger charge is 2.27. The molecule has 0 bridgehead atoms. The molecule has 1 N–H and O–H groups in total. The van der Waals surface area contributed by atoms with Crippen molar-refractivity contribution in [3.05, 3.63) is 60.2 Å². The molecule has 2 aromatic rings. The van der Waals surface area contributed by atoms with Gasteiger partial charge in [-0.3, -0.25) is 4.79 Å². The number of nitrogens with zero attached hydrogens (tertiary/aromatic N) is 2. The molecule has 0 radical (unpaired) electrons. The van der Waals surface area contributed by atoms with E-state index in [2.05, 4.69) is 4.72 Å². The minimum absolute atomic E-state index is 0.0934. The van der Waals surface area contributed by atoms with Crippen LogP contribution in [0.5, 0.6) is 0 Å². The lowest BCUT2D eigenvalue weighted by Gasteiger charge is -2.17. The monoisotopic (exact) mass is 401 g/mol. The van der Waals surface area contributed by atoms with Gasteiger partial charge in [-0.1, -0.05) is 30.3 Å². The van der Waals surface area contributed by atoms with E-state index >= 15 is 0 Å². The summed E-state index contributed by atoms with van der Waals surface area (Å²) in [5, 5.41) is 0. The van der Waals surface area contributed by atoms with Gasteiger partial charge in [-0.05, 0) is 42.2 Å². The number of amides is 1. The Morgan fingerprint density at radius 1 is 1.11 bits per heavy atom. The minimum Gasteiger partial charge on any atom is -0.378 e. The van der Waals surface area contributed by atoms with Crippen molar-refractivity contribution in [1.29, 1.82) is 0 Å². The Morgan fingerprint density at radius 3 is 2.43 bits per heavy atom. The fraction of sp³-hybridized carbons (Fsp3) is 0.381. The van der Waals surface area contributed by atoms with Crippen LogP contribution in [0.2, 0.25) is 0 Å². The highest BCUT2D eigenvalue weighted by Crippen LogP contribution is 2.19. The zero-order valence-corrected chi connectivity index (χ0v) is 17.2. The molecule has 7 heteroatoms. The van der Waals surface area contributed by atoms with E-state index in [1.807, 2.05) is 54.2 Å². The number of carbonyl (C=O) groups is 1. The Kier molecular flexibility index (Phi) is 6.36. The number of hydrogen-bond donors (Lipinski definition) is 1. The molecule has 1 atom stereocenters. The molecule has 0 unspecified atom stereocenters. The van der Waals surface area contributed by atoms with Gasteiger partial charge in [-0.15, -0.1) is 0 Å². The highest BCUT2D eigenvalue weighted by molar-refractivity contribution is 7.89. The first-order valence-electron chi connectivity index (χ1n) is 9.44. The second-order valence-corrected chi connectivity index (χ2v) is 9.16. The number of likely N-dealkylation sites (tertiary alicyclic amines) is 1. The van der Waals surface area contributed by atoms with Gasteiger partial charge in [0.2, 0.25) is 15.9 Å². The maximum Gasteiger partial charge on any atom is 0.240 e. The fourth-order valence-corrected chi connectivity index (χ4v) is 4.46. The van der Waals surface area contributed by atoms with Crippen molar-refractivity contribution < 1.29 is 13.2 Å². The molecule has 1 saturated heterocycles. The Morgan fingerprint density at radius 2 is 1.79 bits per heavy atom. The fourth-order valence-electron chi connectivity index (χ4n) is 3.34. The van der Waals surface area contributed by atoms with Gasteiger partial charge in [-0.2, -0.15) is 0 Å². The van der Waals surface area contributed by atoms with Crippen LogP contribution < -0.4 is 9.62 Å². The smallest absolute Gasteiger partial charge is 0.240 e. The van der Waals surface area contributed by atoms with Crippen LogP contribution in [0.4, 0.5) is 5.69 Å². The topological polar surface area (TPSA) is 69.7 Å². The van der Waals surface area contributed by atoms with Crippen LogP contribution in [0.15, 0.2) is 59.5 Å². The number of sulfonamides is 1. The molecule has 1 amide bonds. The van der Waals surface area contributed by atoms with E-state index < -0.39 is 10.0 Å². The zero-order valence-electron chi connectivity index (χ0n) is 16.3.